The van der Waals surface area contributed by atoms with Crippen molar-refractivity contribution in [3.63, 3.8) is 0 Å². The highest BCUT2D eigenvalue weighted by Gasteiger charge is 2.16. The molecule has 18 heavy (non-hydrogen) atoms. The Bertz CT molecular complexity index is 516. The molecule has 1 atom stereocenters. The summed E-state index contributed by atoms with van der Waals surface area (Å²) >= 11 is 3.36. The first-order valence-corrected chi connectivity index (χ1v) is 8.42. The maximum absolute atomic E-state index is 11.1. The van der Waals surface area contributed by atoms with Crippen LogP contribution in [0.4, 0.5) is 0 Å². The molecule has 4 nitrogen and oxygen atoms in total. The number of nitrogens with zero attached hydrogens (tertiary/aromatic N) is 1. The van der Waals surface area contributed by atoms with Crippen LogP contribution in [0.3, 0.4) is 0 Å². The molecule has 0 bridgehead atoms. The number of phenolic OH excluding ortho intramolecular Hbond substituents is 1. The van der Waals surface area contributed by atoms with Crippen LogP contribution in [0.15, 0.2) is 22.7 Å². The lowest BCUT2D eigenvalue weighted by Crippen LogP contribution is -2.28. The molecule has 1 aromatic carbocycles. The van der Waals surface area contributed by atoms with Gasteiger partial charge in [0.25, 0.3) is 0 Å². The van der Waals surface area contributed by atoms with Crippen molar-refractivity contribution in [3.05, 3.63) is 28.2 Å². The summed E-state index contributed by atoms with van der Waals surface area (Å²) < 4.78 is 23.2. The van der Waals surface area contributed by atoms with E-state index in [-0.39, 0.29) is 17.5 Å². The van der Waals surface area contributed by atoms with Gasteiger partial charge >= 0.3 is 0 Å². The Morgan fingerprint density at radius 3 is 2.61 bits per heavy atom. The van der Waals surface area contributed by atoms with Crippen molar-refractivity contribution in [1.82, 2.24) is 4.90 Å². The third-order valence-electron chi connectivity index (χ3n) is 2.92. The number of phenols is 1. The zero-order valence-electron chi connectivity index (χ0n) is 10.7. The zero-order chi connectivity index (χ0) is 13.9. The molecule has 0 saturated carbocycles. The molecule has 1 aromatic rings. The molecular formula is C12H18BrNO3S. The highest BCUT2D eigenvalue weighted by Crippen LogP contribution is 2.30. The number of sulfone groups is 1. The third kappa shape index (κ3) is 4.59. The summed E-state index contributed by atoms with van der Waals surface area (Å²) in [6.07, 6.45) is 1.22. The highest BCUT2D eigenvalue weighted by atomic mass is 79.9. The van der Waals surface area contributed by atoms with Gasteiger partial charge in [-0.2, -0.15) is 0 Å². The van der Waals surface area contributed by atoms with Gasteiger partial charge in [-0.05, 0) is 32.2 Å². The monoisotopic (exact) mass is 335 g/mol. The molecule has 0 radical (unpaired) electrons. The molecule has 1 unspecified atom stereocenters. The largest absolute Gasteiger partial charge is 0.508 e. The summed E-state index contributed by atoms with van der Waals surface area (Å²) in [7, 11) is -1.12. The molecule has 0 fully saturated rings. The number of rotatable bonds is 5. The number of hydrogen-bond donors (Lipinski definition) is 1. The summed E-state index contributed by atoms with van der Waals surface area (Å²) in [6, 6.07) is 5.18. The Morgan fingerprint density at radius 2 is 2.06 bits per heavy atom. The summed E-state index contributed by atoms with van der Waals surface area (Å²) in [5.41, 5.74) is 0.778. The normalized spacial score (nSPS) is 13.8. The van der Waals surface area contributed by atoms with Crippen molar-refractivity contribution in [1.29, 1.82) is 0 Å². The summed E-state index contributed by atoms with van der Waals surface area (Å²) in [4.78, 5) is 1.91. The van der Waals surface area contributed by atoms with Crippen LogP contribution in [0.25, 0.3) is 0 Å². The van der Waals surface area contributed by atoms with Crippen molar-refractivity contribution in [2.24, 2.45) is 0 Å². The minimum absolute atomic E-state index is 0.0516. The van der Waals surface area contributed by atoms with Crippen molar-refractivity contribution in [3.8, 4) is 5.75 Å². The summed E-state index contributed by atoms with van der Waals surface area (Å²) in [5.74, 6) is 0.333. The minimum atomic E-state index is -2.97. The van der Waals surface area contributed by atoms with Gasteiger partial charge in [0.1, 0.15) is 15.6 Å². The van der Waals surface area contributed by atoms with Crippen LogP contribution in [0.2, 0.25) is 0 Å². The molecule has 0 spiro atoms. The van der Waals surface area contributed by atoms with Gasteiger partial charge in [0, 0.05) is 28.9 Å². The fraction of sp³-hybridized carbons (Fsp3) is 0.500. The fourth-order valence-corrected chi connectivity index (χ4v) is 2.60. The number of aromatic hydroxyl groups is 1. The van der Waals surface area contributed by atoms with Crippen molar-refractivity contribution in [2.45, 2.75) is 13.0 Å². The van der Waals surface area contributed by atoms with Crippen LogP contribution in [0.5, 0.6) is 5.75 Å². The summed E-state index contributed by atoms with van der Waals surface area (Å²) in [5, 5.41) is 9.82. The quantitative estimate of drug-likeness (QED) is 0.896. The van der Waals surface area contributed by atoms with E-state index in [0.717, 1.165) is 10.0 Å². The minimum Gasteiger partial charge on any atom is -0.508 e. The molecule has 0 amide bonds. The zero-order valence-corrected chi connectivity index (χ0v) is 13.1. The Morgan fingerprint density at radius 1 is 1.44 bits per heavy atom. The molecule has 0 saturated heterocycles. The van der Waals surface area contributed by atoms with Crippen LogP contribution in [-0.2, 0) is 9.84 Å². The van der Waals surface area contributed by atoms with Crippen LogP contribution in [0.1, 0.15) is 18.5 Å². The predicted molar refractivity (Wildman–Crippen MR) is 76.6 cm³/mol. The maximum atomic E-state index is 11.1. The average Bonchev–Trinajstić information content (AvgIpc) is 2.27. The van der Waals surface area contributed by atoms with Gasteiger partial charge in [-0.3, -0.25) is 4.90 Å². The van der Waals surface area contributed by atoms with Crippen LogP contribution in [-0.4, -0.2) is 44.0 Å². The molecule has 0 aliphatic carbocycles. The second-order valence-electron chi connectivity index (χ2n) is 4.49. The van der Waals surface area contributed by atoms with E-state index in [4.69, 9.17) is 0 Å². The van der Waals surface area contributed by atoms with Crippen LogP contribution >= 0.6 is 15.9 Å². The van der Waals surface area contributed by atoms with Gasteiger partial charge in [-0.1, -0.05) is 15.9 Å². The molecule has 0 aliphatic rings. The molecule has 6 heteroatoms. The molecule has 0 aliphatic heterocycles. The Labute approximate surface area is 117 Å². The first kappa shape index (κ1) is 15.5. The molecule has 1 rings (SSSR count). The predicted octanol–water partition coefficient (Wildman–Crippen LogP) is 2.19. The van der Waals surface area contributed by atoms with Crippen molar-refractivity contribution >= 4 is 25.8 Å². The third-order valence-corrected chi connectivity index (χ3v) is 4.33. The summed E-state index contributed by atoms with van der Waals surface area (Å²) in [6.45, 7) is 2.37. The number of benzene rings is 1. The number of halogens is 1. The standard InChI is InChI=1S/C12H18BrNO3S/c1-9(14(2)6-7-18(3,16)17)11-8-10(13)4-5-12(11)15/h4-5,8-9,15H,6-7H2,1-3H3. The Balaban J connectivity index is 2.80. The van der Waals surface area contributed by atoms with E-state index in [1.54, 1.807) is 12.1 Å². The Hall–Kier alpha value is -0.590. The fourth-order valence-electron chi connectivity index (χ4n) is 1.60. The second-order valence-corrected chi connectivity index (χ2v) is 7.67. The van der Waals surface area contributed by atoms with E-state index < -0.39 is 9.84 Å². The van der Waals surface area contributed by atoms with Gasteiger partial charge in [0.15, 0.2) is 0 Å². The van der Waals surface area contributed by atoms with Gasteiger partial charge in [0.05, 0.1) is 5.75 Å². The van der Waals surface area contributed by atoms with E-state index in [0.29, 0.717) is 6.54 Å². The van der Waals surface area contributed by atoms with Gasteiger partial charge < -0.3 is 5.11 Å². The topological polar surface area (TPSA) is 57.6 Å². The van der Waals surface area contributed by atoms with E-state index in [1.807, 2.05) is 24.9 Å². The Kier molecular flexibility index (Phi) is 5.19. The molecular weight excluding hydrogens is 318 g/mol. The SMILES string of the molecule is CC(c1cc(Br)ccc1O)N(C)CCS(C)(=O)=O. The number of hydrogen-bond acceptors (Lipinski definition) is 4. The molecule has 102 valence electrons. The highest BCUT2D eigenvalue weighted by molar-refractivity contribution is 9.10. The molecule has 0 heterocycles. The lowest BCUT2D eigenvalue weighted by molar-refractivity contribution is 0.270. The van der Waals surface area contributed by atoms with E-state index in [9.17, 15) is 13.5 Å². The average molecular weight is 336 g/mol. The smallest absolute Gasteiger partial charge is 0.148 e. The second kappa shape index (κ2) is 6.04. The van der Waals surface area contributed by atoms with Gasteiger partial charge in [-0.15, -0.1) is 0 Å². The lowest BCUT2D eigenvalue weighted by Gasteiger charge is -2.25. The maximum Gasteiger partial charge on any atom is 0.148 e. The molecule has 1 N–H and O–H groups in total. The van der Waals surface area contributed by atoms with Gasteiger partial charge in [0.2, 0.25) is 0 Å². The first-order chi connectivity index (χ1) is 8.20. The van der Waals surface area contributed by atoms with Gasteiger partial charge in [-0.25, -0.2) is 8.42 Å². The van der Waals surface area contributed by atoms with E-state index in [1.165, 1.54) is 6.26 Å². The van der Waals surface area contributed by atoms with E-state index in [2.05, 4.69) is 15.9 Å². The van der Waals surface area contributed by atoms with Crippen molar-refractivity contribution < 1.29 is 13.5 Å². The van der Waals surface area contributed by atoms with Crippen LogP contribution in [0, 0.1) is 0 Å². The lowest BCUT2D eigenvalue weighted by atomic mass is 10.1. The van der Waals surface area contributed by atoms with E-state index >= 15 is 0 Å². The molecule has 0 aromatic heterocycles. The van der Waals surface area contributed by atoms with Crippen molar-refractivity contribution in [2.75, 3.05) is 25.6 Å². The first-order valence-electron chi connectivity index (χ1n) is 5.57. The van der Waals surface area contributed by atoms with Crippen LogP contribution < -0.4 is 0 Å².